The Kier molecular flexibility index (Phi) is 4.40. The molecule has 0 aliphatic rings. The molecule has 0 amide bonds. The maximum Gasteiger partial charge on any atom is 0.360 e. The fraction of sp³-hybridized carbons (Fsp3) is 0.286. The smallest absolute Gasteiger partial charge is 0.360 e. The minimum absolute atomic E-state index is 0.0892. The first-order chi connectivity index (χ1) is 12.2. The summed E-state index contributed by atoms with van der Waals surface area (Å²) in [5.74, 6) is -0.881. The molecule has 5 nitrogen and oxygen atoms in total. The van der Waals surface area contributed by atoms with Crippen molar-refractivity contribution < 1.29 is 14.6 Å². The fourth-order valence-corrected chi connectivity index (χ4v) is 2.87. The Balaban J connectivity index is 2.10. The van der Waals surface area contributed by atoms with Gasteiger partial charge in [-0.1, -0.05) is 45.0 Å². The Labute approximate surface area is 152 Å². The SMILES string of the molecule is COC(=O)c1nc(C)c2nc(-c3ccc(C(C)(C)C)cc3)ccc2c1O. The number of benzene rings is 1. The summed E-state index contributed by atoms with van der Waals surface area (Å²) in [6, 6.07) is 11.9. The minimum Gasteiger partial charge on any atom is -0.505 e. The van der Waals surface area contributed by atoms with E-state index in [-0.39, 0.29) is 16.9 Å². The number of esters is 1. The maximum absolute atomic E-state index is 11.8. The molecule has 0 bridgehead atoms. The van der Waals surface area contributed by atoms with Gasteiger partial charge in [-0.2, -0.15) is 0 Å². The Hall–Kier alpha value is -2.95. The average molecular weight is 350 g/mol. The Morgan fingerprint density at radius 2 is 1.69 bits per heavy atom. The van der Waals surface area contributed by atoms with E-state index in [0.29, 0.717) is 16.6 Å². The van der Waals surface area contributed by atoms with Gasteiger partial charge in [-0.05, 0) is 30.0 Å². The van der Waals surface area contributed by atoms with Gasteiger partial charge in [0.25, 0.3) is 0 Å². The second-order valence-electron chi connectivity index (χ2n) is 7.31. The van der Waals surface area contributed by atoms with E-state index in [2.05, 4.69) is 47.6 Å². The van der Waals surface area contributed by atoms with Crippen molar-refractivity contribution in [2.45, 2.75) is 33.1 Å². The molecule has 0 unspecified atom stereocenters. The Morgan fingerprint density at radius 3 is 2.27 bits per heavy atom. The number of hydrogen-bond acceptors (Lipinski definition) is 5. The van der Waals surface area contributed by atoms with Gasteiger partial charge in [-0.15, -0.1) is 0 Å². The lowest BCUT2D eigenvalue weighted by Crippen LogP contribution is -2.10. The van der Waals surface area contributed by atoms with E-state index in [0.717, 1.165) is 11.3 Å². The molecule has 0 aliphatic carbocycles. The normalized spacial score (nSPS) is 11.6. The summed E-state index contributed by atoms with van der Waals surface area (Å²) in [5, 5.41) is 10.8. The van der Waals surface area contributed by atoms with Crippen molar-refractivity contribution in [1.29, 1.82) is 0 Å². The third-order valence-electron chi connectivity index (χ3n) is 4.42. The highest BCUT2D eigenvalue weighted by atomic mass is 16.5. The van der Waals surface area contributed by atoms with E-state index in [4.69, 9.17) is 0 Å². The van der Waals surface area contributed by atoms with Crippen LogP contribution in [0.1, 0.15) is 42.5 Å². The van der Waals surface area contributed by atoms with Crippen molar-refractivity contribution in [2.24, 2.45) is 0 Å². The number of carbonyl (C=O) groups excluding carboxylic acids is 1. The number of aryl methyl sites for hydroxylation is 1. The number of aromatic hydroxyl groups is 1. The second-order valence-corrected chi connectivity index (χ2v) is 7.31. The molecule has 0 spiro atoms. The summed E-state index contributed by atoms with van der Waals surface area (Å²) >= 11 is 0. The number of rotatable bonds is 2. The summed E-state index contributed by atoms with van der Waals surface area (Å²) in [6.45, 7) is 8.28. The van der Waals surface area contributed by atoms with Gasteiger partial charge in [0.05, 0.1) is 24.0 Å². The highest BCUT2D eigenvalue weighted by molar-refractivity contribution is 5.99. The van der Waals surface area contributed by atoms with Crippen LogP contribution >= 0.6 is 0 Å². The zero-order valence-electron chi connectivity index (χ0n) is 15.6. The number of fused-ring (bicyclic) bond motifs is 1. The summed E-state index contributed by atoms with van der Waals surface area (Å²) in [4.78, 5) is 20.6. The van der Waals surface area contributed by atoms with Crippen LogP contribution in [0.25, 0.3) is 22.2 Å². The van der Waals surface area contributed by atoms with Gasteiger partial charge in [0, 0.05) is 10.9 Å². The molecule has 0 saturated carbocycles. The van der Waals surface area contributed by atoms with Crippen molar-refractivity contribution in [3.05, 3.63) is 53.3 Å². The maximum atomic E-state index is 11.8. The van der Waals surface area contributed by atoms with Crippen molar-refractivity contribution >= 4 is 16.9 Å². The monoisotopic (exact) mass is 350 g/mol. The first-order valence-corrected chi connectivity index (χ1v) is 8.42. The molecule has 3 rings (SSSR count). The molecule has 2 heterocycles. The molecule has 0 radical (unpaired) electrons. The molecule has 5 heteroatoms. The minimum atomic E-state index is -0.672. The predicted molar refractivity (Wildman–Crippen MR) is 101 cm³/mol. The third kappa shape index (κ3) is 3.12. The molecule has 2 aromatic heterocycles. The molecule has 0 atom stereocenters. The highest BCUT2D eigenvalue weighted by Crippen LogP contribution is 2.31. The molecular weight excluding hydrogens is 328 g/mol. The zero-order chi connectivity index (χ0) is 19.1. The predicted octanol–water partition coefficient (Wildman–Crippen LogP) is 4.39. The number of nitrogens with zero attached hydrogens (tertiary/aromatic N) is 2. The lowest BCUT2D eigenvalue weighted by molar-refractivity contribution is 0.0590. The van der Waals surface area contributed by atoms with Gasteiger partial charge >= 0.3 is 5.97 Å². The van der Waals surface area contributed by atoms with Crippen LogP contribution in [-0.4, -0.2) is 28.2 Å². The number of ether oxygens (including phenoxy) is 1. The number of pyridine rings is 2. The van der Waals surface area contributed by atoms with Gasteiger partial charge in [0.15, 0.2) is 11.4 Å². The summed E-state index contributed by atoms with van der Waals surface area (Å²) < 4.78 is 4.67. The van der Waals surface area contributed by atoms with Gasteiger partial charge in [0.2, 0.25) is 0 Å². The number of hydrogen-bond donors (Lipinski definition) is 1. The van der Waals surface area contributed by atoms with Crippen LogP contribution in [0, 0.1) is 6.92 Å². The largest absolute Gasteiger partial charge is 0.505 e. The molecule has 3 aromatic rings. The van der Waals surface area contributed by atoms with E-state index in [9.17, 15) is 9.90 Å². The first kappa shape index (κ1) is 17.9. The lowest BCUT2D eigenvalue weighted by atomic mass is 9.86. The molecular formula is C21H22N2O3. The summed E-state index contributed by atoms with van der Waals surface area (Å²) in [5.41, 5.74) is 4.14. The third-order valence-corrected chi connectivity index (χ3v) is 4.42. The standard InChI is InChI=1S/C21H22N2O3/c1-12-17-15(19(24)18(22-12)20(25)26-5)10-11-16(23-17)13-6-8-14(9-7-13)21(2,3)4/h6-11,24H,1-5H3. The molecule has 134 valence electrons. The molecule has 0 fully saturated rings. The first-order valence-electron chi connectivity index (χ1n) is 8.42. The molecule has 26 heavy (non-hydrogen) atoms. The zero-order valence-corrected chi connectivity index (χ0v) is 15.6. The van der Waals surface area contributed by atoms with Crippen molar-refractivity contribution in [3.8, 4) is 17.0 Å². The second kappa shape index (κ2) is 6.41. The summed E-state index contributed by atoms with van der Waals surface area (Å²) in [6.07, 6.45) is 0. The van der Waals surface area contributed by atoms with Crippen LogP contribution in [-0.2, 0) is 10.2 Å². The van der Waals surface area contributed by atoms with E-state index in [1.165, 1.54) is 12.7 Å². The van der Waals surface area contributed by atoms with Crippen LogP contribution < -0.4 is 0 Å². The lowest BCUT2D eigenvalue weighted by Gasteiger charge is -2.19. The molecule has 0 aliphatic heterocycles. The topological polar surface area (TPSA) is 72.3 Å². The van der Waals surface area contributed by atoms with Crippen LogP contribution in [0.3, 0.4) is 0 Å². The highest BCUT2D eigenvalue weighted by Gasteiger charge is 2.19. The quantitative estimate of drug-likeness (QED) is 0.694. The van der Waals surface area contributed by atoms with Crippen LogP contribution in [0.5, 0.6) is 5.75 Å². The van der Waals surface area contributed by atoms with E-state index >= 15 is 0 Å². The van der Waals surface area contributed by atoms with E-state index in [1.807, 2.05) is 18.2 Å². The Bertz CT molecular complexity index is 987. The molecule has 1 N–H and O–H groups in total. The Morgan fingerprint density at radius 1 is 1.04 bits per heavy atom. The van der Waals surface area contributed by atoms with Gasteiger partial charge < -0.3 is 9.84 Å². The fourth-order valence-electron chi connectivity index (χ4n) is 2.87. The van der Waals surface area contributed by atoms with E-state index < -0.39 is 5.97 Å². The number of methoxy groups -OCH3 is 1. The summed E-state index contributed by atoms with van der Waals surface area (Å²) in [7, 11) is 1.26. The van der Waals surface area contributed by atoms with E-state index in [1.54, 1.807) is 13.0 Å². The van der Waals surface area contributed by atoms with Crippen molar-refractivity contribution in [3.63, 3.8) is 0 Å². The van der Waals surface area contributed by atoms with Gasteiger partial charge in [-0.3, -0.25) is 0 Å². The van der Waals surface area contributed by atoms with Gasteiger partial charge in [0.1, 0.15) is 0 Å². The molecule has 0 saturated heterocycles. The average Bonchev–Trinajstić information content (AvgIpc) is 2.63. The molecule has 1 aromatic carbocycles. The van der Waals surface area contributed by atoms with Crippen LogP contribution in [0.15, 0.2) is 36.4 Å². The van der Waals surface area contributed by atoms with Gasteiger partial charge in [-0.25, -0.2) is 14.8 Å². The van der Waals surface area contributed by atoms with Crippen LogP contribution in [0.4, 0.5) is 0 Å². The number of aromatic nitrogens is 2. The van der Waals surface area contributed by atoms with Crippen LogP contribution in [0.2, 0.25) is 0 Å². The van der Waals surface area contributed by atoms with Crippen molar-refractivity contribution in [1.82, 2.24) is 9.97 Å². The van der Waals surface area contributed by atoms with Crippen molar-refractivity contribution in [2.75, 3.05) is 7.11 Å². The number of carbonyl (C=O) groups is 1.